The smallest absolute Gasteiger partial charge is 0.455 e. The van der Waals surface area contributed by atoms with Crippen LogP contribution in [-0.4, -0.2) is 35.6 Å². The molecule has 1 N–H and O–H groups in total. The van der Waals surface area contributed by atoms with Crippen LogP contribution in [0.3, 0.4) is 0 Å². The van der Waals surface area contributed by atoms with Gasteiger partial charge < -0.3 is 18.7 Å². The van der Waals surface area contributed by atoms with Crippen molar-refractivity contribution in [3.63, 3.8) is 0 Å². The molecule has 0 bridgehead atoms. The van der Waals surface area contributed by atoms with Crippen LogP contribution < -0.4 is 21.5 Å². The van der Waals surface area contributed by atoms with E-state index in [1.54, 1.807) is 30.3 Å². The maximum Gasteiger partial charge on any atom is 0.455 e. The first-order chi connectivity index (χ1) is 32.8. The van der Waals surface area contributed by atoms with E-state index in [0.717, 1.165) is 34.4 Å². The number of unbranched alkanes of at least 4 members (excludes halogenated alkanes) is 15. The molecule has 6 nitrogen and oxygen atoms in total. The molecule has 1 heterocycles. The van der Waals surface area contributed by atoms with Crippen LogP contribution in [0.2, 0.25) is 0 Å². The summed E-state index contributed by atoms with van der Waals surface area (Å²) in [4.78, 5) is 23.0. The number of hydrogen-bond donors (Lipinski definition) is 1. The minimum atomic E-state index is -5.28. The van der Waals surface area contributed by atoms with E-state index < -0.39 is 43.2 Å². The van der Waals surface area contributed by atoms with Crippen LogP contribution in [0.5, 0.6) is 5.75 Å². The maximum atomic E-state index is 13.8. The number of hydrogen-bond acceptors (Lipinski definition) is 6. The van der Waals surface area contributed by atoms with E-state index in [0.29, 0.717) is 10.8 Å². The van der Waals surface area contributed by atoms with Crippen LogP contribution in [0.1, 0.15) is 147 Å². The zero-order valence-corrected chi connectivity index (χ0v) is 45.1. The fourth-order valence-corrected chi connectivity index (χ4v) is 14.2. The summed E-state index contributed by atoms with van der Waals surface area (Å²) in [7, 11) is -4.66. The predicted octanol–water partition coefficient (Wildman–Crippen LogP) is 16.2. The number of alkyl halides is 3. The summed E-state index contributed by atoms with van der Waals surface area (Å²) >= 11 is 0. The minimum absolute atomic E-state index is 0. The van der Waals surface area contributed by atoms with Crippen molar-refractivity contribution in [2.24, 2.45) is 0 Å². The van der Waals surface area contributed by atoms with Gasteiger partial charge >= 0.3 is 11.8 Å². The van der Waals surface area contributed by atoms with Crippen LogP contribution in [0.25, 0.3) is 21.7 Å². The van der Waals surface area contributed by atoms with Crippen LogP contribution in [0, 0.1) is 49.4 Å². The molecule has 5 aromatic carbocycles. The molecule has 0 aliphatic heterocycles. The Morgan fingerprint density at radius 3 is 1.26 bits per heavy atom. The molecule has 0 saturated heterocycles. The van der Waals surface area contributed by atoms with Gasteiger partial charge in [0.25, 0.3) is 5.78 Å². The molecule has 0 spiro atoms. The third-order valence-corrected chi connectivity index (χ3v) is 18.8. The first-order valence-corrected chi connectivity index (χ1v) is 28.9. The summed E-state index contributed by atoms with van der Waals surface area (Å²) in [6, 6.07) is 38.7. The van der Waals surface area contributed by atoms with Gasteiger partial charge in [0, 0.05) is 89.2 Å². The summed E-state index contributed by atoms with van der Waals surface area (Å²) in [6.07, 6.45) is 21.6. The van der Waals surface area contributed by atoms with E-state index in [4.69, 9.17) is 4.42 Å². The van der Waals surface area contributed by atoms with Crippen molar-refractivity contribution in [3.05, 3.63) is 143 Å². The van der Waals surface area contributed by atoms with Gasteiger partial charge in [0.05, 0.1) is 12.5 Å². The molecule has 375 valence electrons. The zero-order chi connectivity index (χ0) is 49.3. The third kappa shape index (κ3) is 19.1. The van der Waals surface area contributed by atoms with Crippen molar-refractivity contribution in [1.82, 2.24) is 0 Å². The molecule has 0 saturated carbocycles. The monoisotopic (exact) mass is 1130 g/mol. The van der Waals surface area contributed by atoms with Crippen molar-refractivity contribution in [3.8, 4) is 5.75 Å². The Morgan fingerprint density at radius 1 is 0.507 bits per heavy atom. The number of benzene rings is 5. The Kier molecular flexibility index (Phi) is 28.0. The Morgan fingerprint density at radius 2 is 0.870 bits per heavy atom. The van der Waals surface area contributed by atoms with Gasteiger partial charge in [0.15, 0.2) is 12.7 Å². The maximum absolute atomic E-state index is 13.8. The van der Waals surface area contributed by atoms with Crippen molar-refractivity contribution in [2.45, 2.75) is 143 Å². The van der Waals surface area contributed by atoms with Crippen molar-refractivity contribution < 1.29 is 86.0 Å². The molecule has 12 heteroatoms. The van der Waals surface area contributed by atoms with Crippen LogP contribution in [0.15, 0.2) is 137 Å². The average molecular weight is 1130 g/mol. The Balaban J connectivity index is 0.000000274. The van der Waals surface area contributed by atoms with Crippen molar-refractivity contribution in [2.75, 3.05) is 18.5 Å². The molecule has 1 aromatic heterocycles. The molecule has 0 aliphatic carbocycles. The van der Waals surface area contributed by atoms with Gasteiger partial charge in [-0.1, -0.05) is 238 Å². The second-order valence-corrected chi connectivity index (χ2v) is 24.0. The topological polar surface area (TPSA) is 102 Å². The summed E-state index contributed by atoms with van der Waals surface area (Å²) < 4.78 is 69.7. The number of rotatable bonds is 25. The molecule has 0 amide bonds. The van der Waals surface area contributed by atoms with Gasteiger partial charge in [0.1, 0.15) is 11.3 Å². The van der Waals surface area contributed by atoms with E-state index in [9.17, 15) is 37.0 Å². The van der Waals surface area contributed by atoms with Gasteiger partial charge in [-0.05, 0) is 30.7 Å². The third-order valence-electron chi connectivity index (χ3n) is 12.4. The van der Waals surface area contributed by atoms with E-state index >= 15 is 0 Å². The first kappa shape index (κ1) is 60.2. The zero-order valence-electron chi connectivity index (χ0n) is 40.9. The largest absolute Gasteiger partial charge is 0.506 e. The standard InChI is InChI=1S/C24H51OP.C18H15OP.C15H7F3O4.Eu/c1-4-7-10-13-16-19-22-26(25,23-20-17-14-11-8-5-2)24-21-18-15-12-9-6-3;19-20(16-10-4-1-5-11-16,17-12-6-2-7-13-17)18-14-8-3-9-15-18;16-15(17,18)13(20)10-11(19)9-6-5-7-3-1-2-4-8(7)12(9)22-14(10)21;/h4-24H2,1-3H3;1-15H;1-6,19H;. The molecular weight excluding hydrogens is 1050 g/mol. The van der Waals surface area contributed by atoms with E-state index in [1.807, 2.05) is 91.0 Å². The van der Waals surface area contributed by atoms with Gasteiger partial charge in [-0.3, -0.25) is 4.79 Å². The number of ketones is 1. The fraction of sp³-hybridized carbons (Fsp3) is 0.439. The molecule has 6 aromatic rings. The number of aromatic hydroxyl groups is 1. The Labute approximate surface area is 450 Å². The van der Waals surface area contributed by atoms with E-state index in [2.05, 4.69) is 20.8 Å². The number of halogens is 3. The van der Waals surface area contributed by atoms with Crippen LogP contribution >= 0.6 is 14.3 Å². The molecule has 0 aliphatic rings. The first-order valence-electron chi connectivity index (χ1n) is 24.9. The van der Waals surface area contributed by atoms with Gasteiger partial charge in [-0.15, -0.1) is 0 Å². The summed E-state index contributed by atoms with van der Waals surface area (Å²) in [5.41, 5.74) is -3.00. The van der Waals surface area contributed by atoms with Crippen LogP contribution in [0.4, 0.5) is 13.2 Å². The van der Waals surface area contributed by atoms with E-state index in [-0.39, 0.29) is 60.3 Å². The second-order valence-electron chi connectivity index (χ2n) is 17.8. The summed E-state index contributed by atoms with van der Waals surface area (Å²) in [5, 5.41) is 13.5. The van der Waals surface area contributed by atoms with E-state index in [1.165, 1.54) is 122 Å². The molecule has 0 fully saturated rings. The van der Waals surface area contributed by atoms with Crippen LogP contribution in [-0.2, 0) is 9.13 Å². The quantitative estimate of drug-likeness (QED) is 0.0201. The Bertz CT molecular complexity index is 2400. The normalized spacial score (nSPS) is 11.6. The molecule has 0 atom stereocenters. The molecule has 0 unspecified atom stereocenters. The predicted molar refractivity (Wildman–Crippen MR) is 280 cm³/mol. The fourth-order valence-electron chi connectivity index (χ4n) is 8.49. The number of Topliss-reactive ketones (excluding diaryl/α,β-unsaturated/α-hetero) is 1. The van der Waals surface area contributed by atoms with Gasteiger partial charge in [-0.25, -0.2) is 4.79 Å². The van der Waals surface area contributed by atoms with Gasteiger partial charge in [0.2, 0.25) is 0 Å². The second kappa shape index (κ2) is 32.1. The summed E-state index contributed by atoms with van der Waals surface area (Å²) in [5.74, 6) is -3.46. The molecule has 69 heavy (non-hydrogen) atoms. The Hall–Kier alpha value is -3.13. The summed E-state index contributed by atoms with van der Waals surface area (Å²) in [6.45, 7) is 6.82. The van der Waals surface area contributed by atoms with Gasteiger partial charge in [-0.2, -0.15) is 13.2 Å². The SMILES string of the molecule is CCCCCCCCP(=O)(CCCCCCCC)CCCCCCCC.O=C(c1c(O)c2ccc3ccccc3c2oc1=O)C(F)(F)F.O=P(c1ccccc1)(c1ccccc1)c1ccccc1.[Eu]. The number of carbonyl (C=O) groups excluding carboxylic acids is 1. The number of carbonyl (C=O) groups is 1. The molecule has 1 radical (unpaired) electrons. The average Bonchev–Trinajstić information content (AvgIpc) is 3.35. The van der Waals surface area contributed by atoms with Crippen molar-refractivity contribution >= 4 is 57.7 Å². The molecular formula is C57H73EuF3O6P2. The molecule has 6 rings (SSSR count). The minimum Gasteiger partial charge on any atom is -0.506 e. The number of fused-ring (bicyclic) bond motifs is 3. The van der Waals surface area contributed by atoms with Crippen molar-refractivity contribution in [1.29, 1.82) is 0 Å².